The summed E-state index contributed by atoms with van der Waals surface area (Å²) in [5.74, 6) is -1.23. The first-order chi connectivity index (χ1) is 11.0. The summed E-state index contributed by atoms with van der Waals surface area (Å²) in [6.07, 6.45) is -0.628. The lowest BCUT2D eigenvalue weighted by Gasteiger charge is -2.10. The Morgan fingerprint density at radius 3 is 2.43 bits per heavy atom. The Balaban J connectivity index is 1.94. The third-order valence-electron chi connectivity index (χ3n) is 3.02. The molecule has 0 aliphatic rings. The van der Waals surface area contributed by atoms with Crippen molar-refractivity contribution in [1.29, 1.82) is 0 Å². The summed E-state index contributed by atoms with van der Waals surface area (Å²) in [6, 6.07) is 12.2. The van der Waals surface area contributed by atoms with Gasteiger partial charge in [0.1, 0.15) is 6.61 Å². The van der Waals surface area contributed by atoms with Crippen LogP contribution in [-0.2, 0) is 17.9 Å². The number of hydrogen-bond donors (Lipinski definition) is 2. The molecule has 7 heteroatoms. The van der Waals surface area contributed by atoms with Crippen LogP contribution in [0.1, 0.15) is 21.5 Å². The van der Waals surface area contributed by atoms with E-state index < -0.39 is 12.1 Å². The third-order valence-corrected chi connectivity index (χ3v) is 3.77. The van der Waals surface area contributed by atoms with Crippen molar-refractivity contribution in [2.75, 3.05) is 0 Å². The second-order valence-electron chi connectivity index (χ2n) is 4.62. The van der Waals surface area contributed by atoms with Crippen LogP contribution in [0.25, 0.3) is 0 Å². The average Bonchev–Trinajstić information content (AvgIpc) is 2.53. The molecule has 0 atom stereocenters. The van der Waals surface area contributed by atoms with Gasteiger partial charge in [0.2, 0.25) is 0 Å². The van der Waals surface area contributed by atoms with Gasteiger partial charge >= 0.3 is 12.1 Å². The molecule has 5 nitrogen and oxygen atoms in total. The molecule has 2 aromatic carbocycles. The van der Waals surface area contributed by atoms with Crippen LogP contribution in [0.2, 0.25) is 10.0 Å². The number of carbonyl (C=O) groups is 2. The number of alkyl carbamates (subject to hydrolysis) is 1. The predicted molar refractivity (Wildman–Crippen MR) is 86.9 cm³/mol. The molecular formula is C16H13Cl2NO4. The van der Waals surface area contributed by atoms with Gasteiger partial charge in [0.05, 0.1) is 15.6 Å². The number of benzene rings is 2. The second kappa shape index (κ2) is 7.85. The fraction of sp³-hybridized carbons (Fsp3) is 0.125. The van der Waals surface area contributed by atoms with Crippen LogP contribution in [0.3, 0.4) is 0 Å². The molecule has 0 heterocycles. The van der Waals surface area contributed by atoms with Crippen LogP contribution < -0.4 is 5.32 Å². The highest BCUT2D eigenvalue weighted by molar-refractivity contribution is 6.39. The summed E-state index contributed by atoms with van der Waals surface area (Å²) < 4.78 is 5.06. The first kappa shape index (κ1) is 17.1. The van der Waals surface area contributed by atoms with Crippen LogP contribution in [-0.4, -0.2) is 17.2 Å². The van der Waals surface area contributed by atoms with E-state index in [0.29, 0.717) is 5.56 Å². The summed E-state index contributed by atoms with van der Waals surface area (Å²) in [7, 11) is 0. The molecule has 0 aliphatic heterocycles. The van der Waals surface area contributed by atoms with Gasteiger partial charge in [-0.05, 0) is 17.2 Å². The molecule has 0 fully saturated rings. The third kappa shape index (κ3) is 4.61. The monoisotopic (exact) mass is 353 g/mol. The fourth-order valence-corrected chi connectivity index (χ4v) is 2.47. The number of aromatic carboxylic acids is 1. The first-order valence-electron chi connectivity index (χ1n) is 6.63. The summed E-state index contributed by atoms with van der Waals surface area (Å²) in [6.45, 7) is 0.172. The average molecular weight is 354 g/mol. The Hall–Kier alpha value is -2.24. The minimum absolute atomic E-state index is 0.00615. The van der Waals surface area contributed by atoms with Gasteiger partial charge in [-0.2, -0.15) is 0 Å². The van der Waals surface area contributed by atoms with Crippen molar-refractivity contribution < 1.29 is 19.4 Å². The van der Waals surface area contributed by atoms with Crippen LogP contribution in [0, 0.1) is 0 Å². The van der Waals surface area contributed by atoms with E-state index >= 15 is 0 Å². The lowest BCUT2D eigenvalue weighted by Crippen LogP contribution is -2.24. The standard InChI is InChI=1S/C16H13Cl2NO4/c17-12-7-6-11(14(18)13(12)15(20)21)8-19-16(22)23-9-10-4-2-1-3-5-10/h1-7H,8-9H2,(H,19,22)(H,20,21). The van der Waals surface area contributed by atoms with Crippen LogP contribution >= 0.6 is 23.2 Å². The van der Waals surface area contributed by atoms with E-state index in [9.17, 15) is 9.59 Å². The normalized spacial score (nSPS) is 10.2. The smallest absolute Gasteiger partial charge is 0.407 e. The van der Waals surface area contributed by atoms with E-state index in [-0.39, 0.29) is 28.8 Å². The number of rotatable bonds is 5. The minimum Gasteiger partial charge on any atom is -0.478 e. The maximum atomic E-state index is 11.7. The van der Waals surface area contributed by atoms with Gasteiger partial charge in [0, 0.05) is 6.54 Å². The van der Waals surface area contributed by atoms with Crippen molar-refractivity contribution in [2.24, 2.45) is 0 Å². The molecule has 1 amide bonds. The maximum Gasteiger partial charge on any atom is 0.407 e. The van der Waals surface area contributed by atoms with Gasteiger partial charge in [-0.25, -0.2) is 9.59 Å². The van der Waals surface area contributed by atoms with Gasteiger partial charge < -0.3 is 15.2 Å². The predicted octanol–water partition coefficient (Wildman–Crippen LogP) is 4.12. The lowest BCUT2D eigenvalue weighted by atomic mass is 10.1. The number of carboxylic acids is 1. The van der Waals surface area contributed by atoms with Crippen molar-refractivity contribution >= 4 is 35.3 Å². The molecular weight excluding hydrogens is 341 g/mol. The zero-order chi connectivity index (χ0) is 16.8. The number of carboxylic acid groups (broad SMARTS) is 1. The van der Waals surface area contributed by atoms with Crippen molar-refractivity contribution in [2.45, 2.75) is 13.2 Å². The topological polar surface area (TPSA) is 75.6 Å². The van der Waals surface area contributed by atoms with E-state index in [0.717, 1.165) is 5.56 Å². The van der Waals surface area contributed by atoms with E-state index in [1.807, 2.05) is 30.3 Å². The largest absolute Gasteiger partial charge is 0.478 e. The number of halogens is 2. The van der Waals surface area contributed by atoms with Crippen molar-refractivity contribution in [3.8, 4) is 0 Å². The number of nitrogens with one attached hydrogen (secondary N) is 1. The van der Waals surface area contributed by atoms with Crippen molar-refractivity contribution in [1.82, 2.24) is 5.32 Å². The van der Waals surface area contributed by atoms with Gasteiger partial charge in [-0.3, -0.25) is 0 Å². The molecule has 0 radical (unpaired) electrons. The summed E-state index contributed by atoms with van der Waals surface area (Å²) in [5, 5.41) is 11.6. The molecule has 0 unspecified atom stereocenters. The van der Waals surface area contributed by atoms with Crippen molar-refractivity contribution in [3.05, 3.63) is 69.2 Å². The maximum absolute atomic E-state index is 11.7. The Morgan fingerprint density at radius 2 is 1.78 bits per heavy atom. The molecule has 2 aromatic rings. The minimum atomic E-state index is -1.23. The fourth-order valence-electron chi connectivity index (χ4n) is 1.87. The van der Waals surface area contributed by atoms with E-state index in [2.05, 4.69) is 5.32 Å². The number of carbonyl (C=O) groups excluding carboxylic acids is 1. The summed E-state index contributed by atoms with van der Waals surface area (Å²) in [5.41, 5.74) is 1.11. The molecule has 0 saturated carbocycles. The molecule has 0 spiro atoms. The Labute approximate surface area is 142 Å². The highest BCUT2D eigenvalue weighted by Crippen LogP contribution is 2.28. The molecule has 23 heavy (non-hydrogen) atoms. The molecule has 0 saturated heterocycles. The zero-order valence-corrected chi connectivity index (χ0v) is 13.4. The van der Waals surface area contributed by atoms with Crippen LogP contribution in [0.15, 0.2) is 42.5 Å². The molecule has 0 aliphatic carbocycles. The first-order valence-corrected chi connectivity index (χ1v) is 7.39. The van der Waals surface area contributed by atoms with Gasteiger partial charge in [-0.1, -0.05) is 59.6 Å². The van der Waals surface area contributed by atoms with E-state index in [4.69, 9.17) is 33.0 Å². The number of amides is 1. The van der Waals surface area contributed by atoms with Crippen LogP contribution in [0.4, 0.5) is 4.79 Å². The molecule has 2 rings (SSSR count). The summed E-state index contributed by atoms with van der Waals surface area (Å²) in [4.78, 5) is 22.8. The highest BCUT2D eigenvalue weighted by atomic mass is 35.5. The van der Waals surface area contributed by atoms with E-state index in [1.165, 1.54) is 6.07 Å². The molecule has 0 bridgehead atoms. The van der Waals surface area contributed by atoms with Gasteiger partial charge in [0.25, 0.3) is 0 Å². The number of hydrogen-bond acceptors (Lipinski definition) is 3. The second-order valence-corrected chi connectivity index (χ2v) is 5.40. The SMILES string of the molecule is O=C(NCc1ccc(Cl)c(C(=O)O)c1Cl)OCc1ccccc1. The lowest BCUT2D eigenvalue weighted by molar-refractivity contribution is 0.0697. The molecule has 2 N–H and O–H groups in total. The molecule has 120 valence electrons. The van der Waals surface area contributed by atoms with Crippen LogP contribution in [0.5, 0.6) is 0 Å². The van der Waals surface area contributed by atoms with Crippen molar-refractivity contribution in [3.63, 3.8) is 0 Å². The quantitative estimate of drug-likeness (QED) is 0.847. The Morgan fingerprint density at radius 1 is 1.09 bits per heavy atom. The Kier molecular flexibility index (Phi) is 5.84. The Bertz CT molecular complexity index is 720. The highest BCUT2D eigenvalue weighted by Gasteiger charge is 2.17. The van der Waals surface area contributed by atoms with Gasteiger partial charge in [-0.15, -0.1) is 0 Å². The number of ether oxygens (including phenoxy) is 1. The van der Waals surface area contributed by atoms with Gasteiger partial charge in [0.15, 0.2) is 0 Å². The molecule has 0 aromatic heterocycles. The summed E-state index contributed by atoms with van der Waals surface area (Å²) >= 11 is 11.8. The zero-order valence-electron chi connectivity index (χ0n) is 11.9. The van der Waals surface area contributed by atoms with E-state index in [1.54, 1.807) is 6.07 Å².